The van der Waals surface area contributed by atoms with Crippen molar-refractivity contribution in [2.75, 3.05) is 11.5 Å². The lowest BCUT2D eigenvalue weighted by Gasteiger charge is -2.08. The number of aromatic carboxylic acids is 1. The van der Waals surface area contributed by atoms with Crippen molar-refractivity contribution in [3.8, 4) is 0 Å². The van der Waals surface area contributed by atoms with Crippen LogP contribution in [-0.2, 0) is 0 Å². The molecule has 1 unspecified atom stereocenters. The fourth-order valence-electron chi connectivity index (χ4n) is 2.12. The van der Waals surface area contributed by atoms with Crippen molar-refractivity contribution in [3.63, 3.8) is 0 Å². The van der Waals surface area contributed by atoms with E-state index in [-0.39, 0.29) is 5.56 Å². The minimum atomic E-state index is -0.955. The Hall–Kier alpha value is -1.56. The van der Waals surface area contributed by atoms with E-state index >= 15 is 0 Å². The van der Waals surface area contributed by atoms with Gasteiger partial charge >= 0.3 is 5.97 Å². The third-order valence-electron chi connectivity index (χ3n) is 2.98. The fraction of sp³-hybridized carbons (Fsp3) is 0.364. The Bertz CT molecular complexity index is 575. The minimum absolute atomic E-state index is 0.222. The number of hydrogen-bond donors (Lipinski definition) is 1. The van der Waals surface area contributed by atoms with Gasteiger partial charge in [-0.3, -0.25) is 0 Å². The van der Waals surface area contributed by atoms with Crippen LogP contribution >= 0.6 is 11.8 Å². The average Bonchev–Trinajstić information content (AvgIpc) is 2.96. The van der Waals surface area contributed by atoms with Gasteiger partial charge in [-0.1, -0.05) is 11.3 Å². The molecule has 1 aliphatic rings. The van der Waals surface area contributed by atoms with Crippen LogP contribution in [-0.4, -0.2) is 37.6 Å². The predicted molar refractivity (Wildman–Crippen MR) is 65.5 cm³/mol. The molecule has 1 aromatic carbocycles. The van der Waals surface area contributed by atoms with Crippen molar-refractivity contribution in [1.29, 1.82) is 0 Å². The number of aromatic nitrogens is 3. The number of fused-ring (bicyclic) bond motifs is 1. The smallest absolute Gasteiger partial charge is 0.338 e. The molecule has 1 aliphatic heterocycles. The summed E-state index contributed by atoms with van der Waals surface area (Å²) in [4.78, 5) is 11.1. The number of hydrogen-bond acceptors (Lipinski definition) is 4. The quantitative estimate of drug-likeness (QED) is 0.879. The molecule has 5 nitrogen and oxygen atoms in total. The summed E-state index contributed by atoms with van der Waals surface area (Å²) in [6.07, 6.45) is 1.07. The number of carboxylic acids is 1. The second-order valence-corrected chi connectivity index (χ2v) is 5.18. The van der Waals surface area contributed by atoms with Gasteiger partial charge in [0.2, 0.25) is 0 Å². The second kappa shape index (κ2) is 4.03. The van der Waals surface area contributed by atoms with E-state index in [0.717, 1.165) is 23.4 Å². The number of carboxylic acid groups (broad SMARTS) is 1. The fourth-order valence-corrected chi connectivity index (χ4v) is 3.30. The molecular formula is C11H11N3O2S. The maximum absolute atomic E-state index is 11.1. The molecule has 17 heavy (non-hydrogen) atoms. The molecule has 6 heteroatoms. The van der Waals surface area contributed by atoms with Crippen molar-refractivity contribution < 1.29 is 9.90 Å². The Kier molecular flexibility index (Phi) is 2.51. The Labute approximate surface area is 102 Å². The van der Waals surface area contributed by atoms with Crippen LogP contribution in [0.3, 0.4) is 0 Å². The van der Waals surface area contributed by atoms with Crippen molar-refractivity contribution >= 4 is 28.8 Å². The lowest BCUT2D eigenvalue weighted by Crippen LogP contribution is -2.09. The lowest BCUT2D eigenvalue weighted by atomic mass is 10.1. The molecular weight excluding hydrogens is 238 g/mol. The van der Waals surface area contributed by atoms with Crippen LogP contribution in [0.4, 0.5) is 0 Å². The van der Waals surface area contributed by atoms with Gasteiger partial charge < -0.3 is 5.11 Å². The molecule has 0 saturated carbocycles. The van der Waals surface area contributed by atoms with E-state index in [1.807, 2.05) is 22.5 Å². The van der Waals surface area contributed by atoms with E-state index in [1.165, 1.54) is 0 Å². The number of thioether (sulfide) groups is 1. The average molecular weight is 249 g/mol. The molecule has 0 aliphatic carbocycles. The van der Waals surface area contributed by atoms with Gasteiger partial charge in [-0.25, -0.2) is 9.48 Å². The van der Waals surface area contributed by atoms with Gasteiger partial charge in [0.1, 0.15) is 5.52 Å². The van der Waals surface area contributed by atoms with Gasteiger partial charge in [0.05, 0.1) is 17.1 Å². The molecule has 0 spiro atoms. The third kappa shape index (κ3) is 1.68. The van der Waals surface area contributed by atoms with Gasteiger partial charge in [0, 0.05) is 5.75 Å². The number of benzene rings is 1. The van der Waals surface area contributed by atoms with E-state index < -0.39 is 5.97 Å². The number of rotatable bonds is 2. The highest BCUT2D eigenvalue weighted by Gasteiger charge is 2.22. The predicted octanol–water partition coefficient (Wildman–Crippen LogP) is 1.81. The number of nitrogens with zero attached hydrogens (tertiary/aromatic N) is 3. The van der Waals surface area contributed by atoms with Gasteiger partial charge in [0.15, 0.2) is 0 Å². The summed E-state index contributed by atoms with van der Waals surface area (Å²) in [7, 11) is 0. The molecule has 1 aromatic heterocycles. The van der Waals surface area contributed by atoms with E-state index in [2.05, 4.69) is 10.3 Å². The van der Waals surface area contributed by atoms with E-state index in [4.69, 9.17) is 5.11 Å². The van der Waals surface area contributed by atoms with Crippen LogP contribution in [0.25, 0.3) is 11.0 Å². The molecule has 2 aromatic rings. The molecule has 0 amide bonds. The molecule has 1 N–H and O–H groups in total. The Morgan fingerprint density at radius 1 is 1.53 bits per heavy atom. The second-order valence-electron chi connectivity index (χ2n) is 4.03. The molecule has 3 rings (SSSR count). The third-order valence-corrected chi connectivity index (χ3v) is 4.13. The molecule has 1 fully saturated rings. The summed E-state index contributed by atoms with van der Waals surface area (Å²) in [6, 6.07) is 5.53. The monoisotopic (exact) mass is 249 g/mol. The zero-order valence-corrected chi connectivity index (χ0v) is 9.85. The van der Waals surface area contributed by atoms with Gasteiger partial charge in [-0.05, 0) is 24.3 Å². The van der Waals surface area contributed by atoms with Gasteiger partial charge in [-0.2, -0.15) is 11.8 Å². The Morgan fingerprint density at radius 2 is 2.41 bits per heavy atom. The van der Waals surface area contributed by atoms with Crippen molar-refractivity contribution in [2.24, 2.45) is 0 Å². The molecule has 2 heterocycles. The van der Waals surface area contributed by atoms with Crippen LogP contribution in [0.15, 0.2) is 18.2 Å². The number of carbonyl (C=O) groups is 1. The van der Waals surface area contributed by atoms with Crippen molar-refractivity contribution in [2.45, 2.75) is 12.5 Å². The first-order valence-corrected chi connectivity index (χ1v) is 6.58. The molecule has 88 valence electrons. The highest BCUT2D eigenvalue weighted by molar-refractivity contribution is 7.99. The highest BCUT2D eigenvalue weighted by atomic mass is 32.2. The summed E-state index contributed by atoms with van der Waals surface area (Å²) in [5.74, 6) is 1.20. The highest BCUT2D eigenvalue weighted by Crippen LogP contribution is 2.30. The van der Waals surface area contributed by atoms with Crippen LogP contribution in [0.2, 0.25) is 0 Å². The van der Waals surface area contributed by atoms with Crippen LogP contribution in [0.1, 0.15) is 22.8 Å². The maximum Gasteiger partial charge on any atom is 0.338 e. The maximum atomic E-state index is 11.1. The van der Waals surface area contributed by atoms with Crippen LogP contribution in [0, 0.1) is 0 Å². The minimum Gasteiger partial charge on any atom is -0.478 e. The summed E-state index contributed by atoms with van der Waals surface area (Å²) in [5.41, 5.74) is 1.52. The Morgan fingerprint density at radius 3 is 3.12 bits per heavy atom. The summed E-state index contributed by atoms with van der Waals surface area (Å²) >= 11 is 1.89. The van der Waals surface area contributed by atoms with Gasteiger partial charge in [-0.15, -0.1) is 5.10 Å². The van der Waals surface area contributed by atoms with Gasteiger partial charge in [0.25, 0.3) is 0 Å². The van der Waals surface area contributed by atoms with Crippen LogP contribution in [0.5, 0.6) is 0 Å². The largest absolute Gasteiger partial charge is 0.478 e. The zero-order chi connectivity index (χ0) is 11.8. The van der Waals surface area contributed by atoms with Crippen molar-refractivity contribution in [1.82, 2.24) is 15.0 Å². The summed E-state index contributed by atoms with van der Waals surface area (Å²) in [5, 5.41) is 17.2. The zero-order valence-electron chi connectivity index (χ0n) is 9.04. The van der Waals surface area contributed by atoms with Crippen molar-refractivity contribution in [3.05, 3.63) is 23.8 Å². The van der Waals surface area contributed by atoms with E-state index in [9.17, 15) is 4.79 Å². The Balaban J connectivity index is 2.15. The topological polar surface area (TPSA) is 68.0 Å². The lowest BCUT2D eigenvalue weighted by molar-refractivity contribution is 0.0699. The van der Waals surface area contributed by atoms with Crippen LogP contribution < -0.4 is 0 Å². The first-order valence-electron chi connectivity index (χ1n) is 5.42. The molecule has 1 saturated heterocycles. The molecule has 1 atom stereocenters. The standard InChI is InChI=1S/C11H11N3O2S/c15-11(16)8-2-1-3-9-10(8)12-13-14(9)7-4-5-17-6-7/h1-3,7H,4-6H2,(H,15,16). The summed E-state index contributed by atoms with van der Waals surface area (Å²) < 4.78 is 1.86. The first-order chi connectivity index (χ1) is 8.27. The summed E-state index contributed by atoms with van der Waals surface area (Å²) in [6.45, 7) is 0. The first kappa shape index (κ1) is 10.6. The van der Waals surface area contributed by atoms with E-state index in [1.54, 1.807) is 12.1 Å². The molecule has 0 bridgehead atoms. The molecule has 0 radical (unpaired) electrons. The van der Waals surface area contributed by atoms with E-state index in [0.29, 0.717) is 11.6 Å². The normalized spacial score (nSPS) is 19.9. The SMILES string of the molecule is O=C(O)c1cccc2c1nnn2C1CCSC1.